The van der Waals surface area contributed by atoms with Crippen molar-refractivity contribution in [2.45, 2.75) is 5.41 Å². The summed E-state index contributed by atoms with van der Waals surface area (Å²) >= 11 is 0. The molecule has 67 heavy (non-hydrogen) atoms. The van der Waals surface area contributed by atoms with Gasteiger partial charge < -0.3 is 9.32 Å². The molecule has 1 aliphatic rings. The van der Waals surface area contributed by atoms with Crippen LogP contribution in [-0.4, -0.2) is 0 Å². The second-order valence-electron chi connectivity index (χ2n) is 17.6. The minimum Gasteiger partial charge on any atom is -0.453 e. The van der Waals surface area contributed by atoms with E-state index in [4.69, 9.17) is 4.42 Å². The van der Waals surface area contributed by atoms with Gasteiger partial charge in [-0.3, -0.25) is 0 Å². The minimum absolute atomic E-state index is 0.559. The lowest BCUT2D eigenvalue weighted by molar-refractivity contribution is 0.670. The number of rotatable bonds is 8. The third-order valence-corrected chi connectivity index (χ3v) is 13.9. The molecule has 1 aliphatic carbocycles. The van der Waals surface area contributed by atoms with Gasteiger partial charge in [0, 0.05) is 27.7 Å². The highest BCUT2D eigenvalue weighted by atomic mass is 16.3. The van der Waals surface area contributed by atoms with Crippen LogP contribution in [0.4, 0.5) is 17.1 Å². The average molecular weight is 854 g/mol. The molecule has 1 aromatic heterocycles. The fourth-order valence-electron chi connectivity index (χ4n) is 10.9. The summed E-state index contributed by atoms with van der Waals surface area (Å²) in [6.07, 6.45) is 0. The Kier molecular flexibility index (Phi) is 9.11. The summed E-state index contributed by atoms with van der Waals surface area (Å²) in [6.45, 7) is 0. The Bertz CT molecular complexity index is 3740. The van der Waals surface area contributed by atoms with Gasteiger partial charge >= 0.3 is 0 Å². The number of fused-ring (bicyclic) bond motifs is 7. The lowest BCUT2D eigenvalue weighted by Gasteiger charge is -2.35. The molecule has 0 aliphatic heterocycles. The molecule has 0 fully saturated rings. The van der Waals surface area contributed by atoms with E-state index in [-0.39, 0.29) is 0 Å². The molecule has 12 aromatic rings. The molecular weight excluding hydrogens is 811 g/mol. The van der Waals surface area contributed by atoms with Crippen LogP contribution >= 0.6 is 0 Å². The van der Waals surface area contributed by atoms with Gasteiger partial charge in [0.05, 0.1) is 11.1 Å². The first-order chi connectivity index (χ1) is 33.2. The maximum Gasteiger partial charge on any atom is 0.159 e. The molecule has 0 N–H and O–H groups in total. The molecule has 13 rings (SSSR count). The summed E-state index contributed by atoms with van der Waals surface area (Å²) in [5.41, 5.74) is 18.5. The summed E-state index contributed by atoms with van der Waals surface area (Å²) in [5.74, 6) is 0. The van der Waals surface area contributed by atoms with Gasteiger partial charge in [0.1, 0.15) is 5.58 Å². The van der Waals surface area contributed by atoms with Gasteiger partial charge in [-0.1, -0.05) is 218 Å². The molecule has 0 spiro atoms. The molecule has 2 nitrogen and oxygen atoms in total. The Labute approximate surface area is 390 Å². The van der Waals surface area contributed by atoms with Gasteiger partial charge in [-0.25, -0.2) is 0 Å². The van der Waals surface area contributed by atoms with E-state index >= 15 is 0 Å². The number of para-hydroxylation sites is 1. The first-order valence-corrected chi connectivity index (χ1v) is 23.1. The molecule has 11 aromatic carbocycles. The van der Waals surface area contributed by atoms with E-state index in [2.05, 4.69) is 266 Å². The lowest BCUT2D eigenvalue weighted by Crippen LogP contribution is -2.28. The highest BCUT2D eigenvalue weighted by Gasteiger charge is 2.46. The van der Waals surface area contributed by atoms with Gasteiger partial charge in [0.25, 0.3) is 0 Å². The van der Waals surface area contributed by atoms with Crippen molar-refractivity contribution in [2.24, 2.45) is 0 Å². The van der Waals surface area contributed by atoms with Crippen LogP contribution in [-0.2, 0) is 5.41 Å². The van der Waals surface area contributed by atoms with E-state index < -0.39 is 5.41 Å². The van der Waals surface area contributed by atoms with E-state index in [1.165, 1.54) is 49.7 Å². The lowest BCUT2D eigenvalue weighted by atomic mass is 9.67. The van der Waals surface area contributed by atoms with Crippen LogP contribution in [0.3, 0.4) is 0 Å². The molecule has 0 amide bonds. The third-order valence-electron chi connectivity index (χ3n) is 13.9. The Morgan fingerprint density at radius 3 is 1.58 bits per heavy atom. The second kappa shape index (κ2) is 15.8. The third kappa shape index (κ3) is 6.18. The first-order valence-electron chi connectivity index (χ1n) is 23.1. The quantitative estimate of drug-likeness (QED) is 0.151. The Hall–Kier alpha value is -8.72. The van der Waals surface area contributed by atoms with E-state index in [1.807, 2.05) is 0 Å². The fraction of sp³-hybridized carbons (Fsp3) is 0.0154. The van der Waals surface area contributed by atoms with Crippen LogP contribution in [0.15, 0.2) is 265 Å². The molecule has 0 radical (unpaired) electrons. The van der Waals surface area contributed by atoms with Crippen molar-refractivity contribution < 1.29 is 4.42 Å². The van der Waals surface area contributed by atoms with E-state index in [1.54, 1.807) is 0 Å². The maximum atomic E-state index is 7.37. The summed E-state index contributed by atoms with van der Waals surface area (Å²) in [6, 6.07) is 94.8. The van der Waals surface area contributed by atoms with Crippen LogP contribution in [0.2, 0.25) is 0 Å². The van der Waals surface area contributed by atoms with Gasteiger partial charge in [-0.15, -0.1) is 0 Å². The maximum absolute atomic E-state index is 7.37. The Balaban J connectivity index is 1.08. The van der Waals surface area contributed by atoms with E-state index in [9.17, 15) is 0 Å². The highest BCUT2D eigenvalue weighted by molar-refractivity contribution is 6.19. The molecule has 0 saturated heterocycles. The molecule has 0 atom stereocenters. The van der Waals surface area contributed by atoms with Crippen LogP contribution in [0.25, 0.3) is 77.2 Å². The highest BCUT2D eigenvalue weighted by Crippen LogP contribution is 2.57. The first kappa shape index (κ1) is 38.7. The minimum atomic E-state index is -0.559. The van der Waals surface area contributed by atoms with Gasteiger partial charge in [0.2, 0.25) is 0 Å². The Morgan fingerprint density at radius 1 is 0.313 bits per heavy atom. The molecule has 2 heteroatoms. The van der Waals surface area contributed by atoms with Crippen molar-refractivity contribution in [3.63, 3.8) is 0 Å². The van der Waals surface area contributed by atoms with E-state index in [0.29, 0.717) is 0 Å². The van der Waals surface area contributed by atoms with Crippen molar-refractivity contribution >= 4 is 49.8 Å². The largest absolute Gasteiger partial charge is 0.453 e. The fourth-order valence-corrected chi connectivity index (χ4v) is 10.9. The molecule has 0 saturated carbocycles. The number of furan rings is 1. The van der Waals surface area contributed by atoms with Gasteiger partial charge in [-0.2, -0.15) is 0 Å². The molecule has 314 valence electrons. The SMILES string of the molecule is c1ccc(-c2ccc(-c3ccccc3)c3c2oc2c(N(c4ccc(-c5ccc6ccccc6c5)cc4)c4ccc5c(c4)C(c4ccccc4)(c4ccccc4)c4ccccc4-5)cccc23)cc1. The zero-order valence-electron chi connectivity index (χ0n) is 36.7. The van der Waals surface area contributed by atoms with E-state index in [0.717, 1.165) is 66.8 Å². The van der Waals surface area contributed by atoms with Crippen LogP contribution < -0.4 is 4.90 Å². The molecule has 0 unspecified atom stereocenters. The van der Waals surface area contributed by atoms with Crippen molar-refractivity contribution in [3.8, 4) is 44.5 Å². The molecule has 0 bridgehead atoms. The number of hydrogen-bond donors (Lipinski definition) is 0. The Morgan fingerprint density at radius 2 is 0.866 bits per heavy atom. The van der Waals surface area contributed by atoms with Gasteiger partial charge in [0.15, 0.2) is 5.58 Å². The average Bonchev–Trinajstić information content (AvgIpc) is 3.95. The summed E-state index contributed by atoms with van der Waals surface area (Å²) < 4.78 is 7.37. The zero-order valence-corrected chi connectivity index (χ0v) is 36.7. The van der Waals surface area contributed by atoms with Crippen molar-refractivity contribution in [2.75, 3.05) is 4.90 Å². The predicted octanol–water partition coefficient (Wildman–Crippen LogP) is 17.6. The number of hydrogen-bond acceptors (Lipinski definition) is 2. The normalized spacial score (nSPS) is 12.6. The smallest absolute Gasteiger partial charge is 0.159 e. The standard InChI is InChI=1S/C65H43NO/c1-5-19-46(20-6-1)54-40-41-55(47-21-7-2-8-22-47)64-62(54)58-29-17-31-61(63(58)67-64)66(52-36-34-45(35-37-52)49-33-32-44-18-13-14-23-48(44)42-49)53-38-39-57-56-28-15-16-30-59(56)65(60(57)43-53,50-24-9-3-10-25-50)51-26-11-4-12-27-51/h1-43H. The van der Waals surface area contributed by atoms with Crippen LogP contribution in [0, 0.1) is 0 Å². The molecule has 1 heterocycles. The van der Waals surface area contributed by atoms with Crippen molar-refractivity contribution in [1.29, 1.82) is 0 Å². The van der Waals surface area contributed by atoms with Crippen LogP contribution in [0.5, 0.6) is 0 Å². The van der Waals surface area contributed by atoms with Crippen molar-refractivity contribution in [1.82, 2.24) is 0 Å². The summed E-state index contributed by atoms with van der Waals surface area (Å²) in [7, 11) is 0. The monoisotopic (exact) mass is 853 g/mol. The van der Waals surface area contributed by atoms with Crippen molar-refractivity contribution in [3.05, 3.63) is 283 Å². The summed E-state index contributed by atoms with van der Waals surface area (Å²) in [5, 5.41) is 4.64. The van der Waals surface area contributed by atoms with Crippen LogP contribution in [0.1, 0.15) is 22.3 Å². The second-order valence-corrected chi connectivity index (χ2v) is 17.6. The molecular formula is C65H43NO. The topological polar surface area (TPSA) is 16.4 Å². The summed E-state index contributed by atoms with van der Waals surface area (Å²) in [4.78, 5) is 2.41. The number of anilines is 3. The van der Waals surface area contributed by atoms with Gasteiger partial charge in [-0.05, 0) is 114 Å². The number of nitrogens with zero attached hydrogens (tertiary/aromatic N) is 1. The zero-order chi connectivity index (χ0) is 44.3. The number of benzene rings is 11. The predicted molar refractivity (Wildman–Crippen MR) is 280 cm³/mol.